The van der Waals surface area contributed by atoms with E-state index in [1.807, 2.05) is 0 Å². The Labute approximate surface area is 119 Å². The number of nitrogens with two attached hydrogens (primary N) is 1. The summed E-state index contributed by atoms with van der Waals surface area (Å²) in [6.45, 7) is 6.25. The van der Waals surface area contributed by atoms with Crippen LogP contribution in [-0.2, 0) is 5.41 Å². The van der Waals surface area contributed by atoms with E-state index >= 15 is 0 Å². The molecule has 4 heterocycles. The Hall–Kier alpha value is -0.980. The first-order valence-corrected chi connectivity index (χ1v) is 7.81. The second kappa shape index (κ2) is 4.79. The lowest BCUT2D eigenvalue weighted by Crippen LogP contribution is -2.57. The van der Waals surface area contributed by atoms with E-state index in [9.17, 15) is 0 Å². The van der Waals surface area contributed by atoms with Gasteiger partial charge in [-0.25, -0.2) is 0 Å². The first-order valence-electron chi connectivity index (χ1n) is 7.81. The molecule has 1 aliphatic carbocycles. The number of fused-ring (bicyclic) bond motifs is 3. The molecule has 2 N–H and O–H groups in total. The van der Waals surface area contributed by atoms with Gasteiger partial charge in [-0.05, 0) is 12.8 Å². The van der Waals surface area contributed by atoms with Crippen LogP contribution in [0, 0.1) is 0 Å². The first kappa shape index (κ1) is 12.7. The molecule has 6 nitrogen and oxygen atoms in total. The second-order valence-electron chi connectivity index (χ2n) is 6.50. The van der Waals surface area contributed by atoms with Crippen LogP contribution in [0.25, 0.3) is 0 Å². The van der Waals surface area contributed by atoms with Crippen LogP contribution >= 0.6 is 0 Å². The summed E-state index contributed by atoms with van der Waals surface area (Å²) in [7, 11) is 0. The lowest BCUT2D eigenvalue weighted by Gasteiger charge is -2.46. The zero-order chi connectivity index (χ0) is 13.6. The molecule has 3 aliphatic heterocycles. The Bertz CT molecular complexity index is 474. The third-order valence-corrected chi connectivity index (χ3v) is 5.42. The highest BCUT2D eigenvalue weighted by atomic mass is 16.5. The smallest absolute Gasteiger partial charge is 0.234 e. The minimum Gasteiger partial charge on any atom is -0.339 e. The van der Waals surface area contributed by atoms with E-state index in [0.717, 1.165) is 44.2 Å². The second-order valence-corrected chi connectivity index (χ2v) is 6.50. The molecular formula is C14H23N5O. The summed E-state index contributed by atoms with van der Waals surface area (Å²) in [6, 6.07) is 0.311. The van der Waals surface area contributed by atoms with E-state index in [-0.39, 0.29) is 5.41 Å². The Morgan fingerprint density at radius 1 is 1.20 bits per heavy atom. The van der Waals surface area contributed by atoms with E-state index < -0.39 is 0 Å². The van der Waals surface area contributed by atoms with Gasteiger partial charge >= 0.3 is 0 Å². The van der Waals surface area contributed by atoms with Crippen LogP contribution in [0.4, 0.5) is 0 Å². The highest BCUT2D eigenvalue weighted by Crippen LogP contribution is 2.40. The van der Waals surface area contributed by atoms with Crippen molar-refractivity contribution in [2.45, 2.75) is 37.1 Å². The average molecular weight is 277 g/mol. The first-order chi connectivity index (χ1) is 9.81. The molecule has 1 saturated carbocycles. The van der Waals surface area contributed by atoms with Crippen molar-refractivity contribution >= 4 is 0 Å². The summed E-state index contributed by atoms with van der Waals surface area (Å²) in [5.74, 6) is 1.65. The fraction of sp³-hybridized carbons (Fsp3) is 0.857. The molecule has 0 aromatic carbocycles. The third kappa shape index (κ3) is 1.89. The lowest BCUT2D eigenvalue weighted by molar-refractivity contribution is 0.00781. The molecule has 1 aromatic rings. The molecule has 0 amide bonds. The predicted octanol–water partition coefficient (Wildman–Crippen LogP) is 0.512. The van der Waals surface area contributed by atoms with Crippen molar-refractivity contribution in [1.29, 1.82) is 0 Å². The summed E-state index contributed by atoms with van der Waals surface area (Å²) in [6.07, 6.45) is 4.62. The van der Waals surface area contributed by atoms with Gasteiger partial charge in [-0.15, -0.1) is 0 Å². The molecule has 1 aromatic heterocycles. The summed E-state index contributed by atoms with van der Waals surface area (Å²) >= 11 is 0. The maximum Gasteiger partial charge on any atom is 0.234 e. The number of nitrogens with zero attached hydrogens (tertiary/aromatic N) is 4. The van der Waals surface area contributed by atoms with Crippen LogP contribution in [0.5, 0.6) is 0 Å². The Morgan fingerprint density at radius 3 is 2.55 bits per heavy atom. The Morgan fingerprint density at radius 2 is 1.95 bits per heavy atom. The van der Waals surface area contributed by atoms with Gasteiger partial charge in [0.15, 0.2) is 5.82 Å². The molecule has 2 bridgehead atoms. The Balaban J connectivity index is 1.59. The largest absolute Gasteiger partial charge is 0.339 e. The van der Waals surface area contributed by atoms with Crippen LogP contribution in [0.2, 0.25) is 0 Å². The number of hydrogen-bond acceptors (Lipinski definition) is 6. The van der Waals surface area contributed by atoms with Gasteiger partial charge in [0.05, 0.1) is 11.5 Å². The Kier molecular flexibility index (Phi) is 3.05. The van der Waals surface area contributed by atoms with Crippen molar-refractivity contribution in [3.8, 4) is 0 Å². The van der Waals surface area contributed by atoms with Crippen LogP contribution in [-0.4, -0.2) is 59.2 Å². The van der Waals surface area contributed by atoms with Gasteiger partial charge in [-0.2, -0.15) is 4.98 Å². The van der Waals surface area contributed by atoms with Crippen molar-refractivity contribution in [3.63, 3.8) is 0 Å². The summed E-state index contributed by atoms with van der Waals surface area (Å²) in [5, 5.41) is 4.29. The van der Waals surface area contributed by atoms with Crippen molar-refractivity contribution in [2.75, 3.05) is 39.3 Å². The maximum absolute atomic E-state index is 6.00. The quantitative estimate of drug-likeness (QED) is 0.868. The standard InChI is InChI=1S/C14H23N5O/c15-10-14(3-1-2-4-14)13-16-12(17-20-13)11-9-18-5-7-19(11)8-6-18/h11H,1-10,15H2. The van der Waals surface area contributed by atoms with Crippen LogP contribution in [0.15, 0.2) is 4.52 Å². The molecule has 0 radical (unpaired) electrons. The highest BCUT2D eigenvalue weighted by Gasteiger charge is 2.41. The number of piperazine rings is 3. The van der Waals surface area contributed by atoms with Gasteiger partial charge < -0.3 is 10.3 Å². The fourth-order valence-electron chi connectivity index (χ4n) is 4.01. The van der Waals surface area contributed by atoms with Gasteiger partial charge in [-0.1, -0.05) is 18.0 Å². The zero-order valence-electron chi connectivity index (χ0n) is 11.9. The molecule has 1 unspecified atom stereocenters. The molecule has 4 fully saturated rings. The van der Waals surface area contributed by atoms with Gasteiger partial charge in [0.1, 0.15) is 0 Å². The topological polar surface area (TPSA) is 71.4 Å². The van der Waals surface area contributed by atoms with Gasteiger partial charge in [0.2, 0.25) is 5.89 Å². The SMILES string of the molecule is NCC1(c2nc(C3CN4CCN3CC4)no2)CCCC1. The monoisotopic (exact) mass is 277 g/mol. The van der Waals surface area contributed by atoms with Gasteiger partial charge in [-0.3, -0.25) is 9.80 Å². The molecular weight excluding hydrogens is 254 g/mol. The molecule has 110 valence electrons. The van der Waals surface area contributed by atoms with E-state index in [1.54, 1.807) is 0 Å². The molecule has 5 rings (SSSR count). The zero-order valence-corrected chi connectivity index (χ0v) is 11.9. The van der Waals surface area contributed by atoms with E-state index in [2.05, 4.69) is 15.0 Å². The van der Waals surface area contributed by atoms with E-state index in [4.69, 9.17) is 15.2 Å². The third-order valence-electron chi connectivity index (χ3n) is 5.42. The average Bonchev–Trinajstić information content (AvgIpc) is 3.18. The highest BCUT2D eigenvalue weighted by molar-refractivity contribution is 5.11. The normalized spacial score (nSPS) is 35.5. The van der Waals surface area contributed by atoms with Crippen molar-refractivity contribution < 1.29 is 4.52 Å². The molecule has 1 atom stereocenters. The number of rotatable bonds is 3. The summed E-state index contributed by atoms with van der Waals surface area (Å²) in [5.41, 5.74) is 5.96. The minimum absolute atomic E-state index is 0.0471. The number of aromatic nitrogens is 2. The van der Waals surface area contributed by atoms with Crippen LogP contribution in [0.3, 0.4) is 0 Å². The molecule has 4 aliphatic rings. The van der Waals surface area contributed by atoms with Gasteiger partial charge in [0, 0.05) is 39.3 Å². The van der Waals surface area contributed by atoms with E-state index in [0.29, 0.717) is 12.6 Å². The predicted molar refractivity (Wildman–Crippen MR) is 74.3 cm³/mol. The van der Waals surface area contributed by atoms with Gasteiger partial charge in [0.25, 0.3) is 0 Å². The minimum atomic E-state index is -0.0471. The molecule has 20 heavy (non-hydrogen) atoms. The lowest BCUT2D eigenvalue weighted by atomic mass is 9.86. The molecule has 0 spiro atoms. The fourth-order valence-corrected chi connectivity index (χ4v) is 4.01. The summed E-state index contributed by atoms with van der Waals surface area (Å²) in [4.78, 5) is 9.73. The van der Waals surface area contributed by atoms with Crippen LogP contribution in [0.1, 0.15) is 43.4 Å². The van der Waals surface area contributed by atoms with Crippen molar-refractivity contribution in [3.05, 3.63) is 11.7 Å². The van der Waals surface area contributed by atoms with Crippen molar-refractivity contribution in [1.82, 2.24) is 19.9 Å². The number of hydrogen-bond donors (Lipinski definition) is 1. The summed E-state index contributed by atoms with van der Waals surface area (Å²) < 4.78 is 5.62. The molecule has 6 heteroatoms. The maximum atomic E-state index is 6.00. The van der Waals surface area contributed by atoms with E-state index in [1.165, 1.54) is 25.9 Å². The van der Waals surface area contributed by atoms with Crippen molar-refractivity contribution in [2.24, 2.45) is 5.73 Å². The molecule has 3 saturated heterocycles. The van der Waals surface area contributed by atoms with Crippen LogP contribution < -0.4 is 5.73 Å².